The smallest absolute Gasteiger partial charge is 0.407 e. The summed E-state index contributed by atoms with van der Waals surface area (Å²) in [6.07, 6.45) is 0.551. The Morgan fingerprint density at radius 2 is 1.46 bits per heavy atom. The molecule has 5 amide bonds. The summed E-state index contributed by atoms with van der Waals surface area (Å²) in [4.78, 5) is 60.8. The van der Waals surface area contributed by atoms with Crippen LogP contribution in [0, 0.1) is 16.7 Å². The van der Waals surface area contributed by atoms with Crippen LogP contribution in [-0.4, -0.2) is 90.0 Å². The SMILES string of the molecule is COC(=O)NC(C(=O)NC(Cc1ccc(-c2ccccn2)cc1)CC(O)C(Cc1ccccc1)NC(=O)C(C1CNC(=O)N1Cc1ccccc1OC)C(C)(C)C)C(C)(C)C. The third-order valence-electron chi connectivity index (χ3n) is 11.2. The molecule has 5 N–H and O–H groups in total. The van der Waals surface area contributed by atoms with Crippen LogP contribution in [0.15, 0.2) is 103 Å². The number of pyridine rings is 1. The van der Waals surface area contributed by atoms with Gasteiger partial charge in [0.05, 0.1) is 50.6 Å². The van der Waals surface area contributed by atoms with Crippen molar-refractivity contribution >= 4 is 23.9 Å². The molecule has 13 nitrogen and oxygen atoms in total. The number of nitrogens with zero attached hydrogens (tertiary/aromatic N) is 2. The van der Waals surface area contributed by atoms with Gasteiger partial charge in [0.15, 0.2) is 0 Å². The molecule has 1 saturated heterocycles. The summed E-state index contributed by atoms with van der Waals surface area (Å²) >= 11 is 0. The van der Waals surface area contributed by atoms with Crippen molar-refractivity contribution in [2.75, 3.05) is 20.8 Å². The van der Waals surface area contributed by atoms with Gasteiger partial charge in [-0.15, -0.1) is 0 Å². The number of aliphatic hydroxyl groups is 1. The number of para-hydroxylation sites is 1. The van der Waals surface area contributed by atoms with Gasteiger partial charge in [-0.25, -0.2) is 9.59 Å². The van der Waals surface area contributed by atoms with Gasteiger partial charge in [-0.3, -0.25) is 14.6 Å². The molecule has 326 valence electrons. The number of methoxy groups -OCH3 is 2. The summed E-state index contributed by atoms with van der Waals surface area (Å²) in [5.74, 6) is -0.786. The number of amides is 5. The summed E-state index contributed by atoms with van der Waals surface area (Å²) in [5, 5.41) is 24.3. The van der Waals surface area contributed by atoms with Crippen LogP contribution in [0.4, 0.5) is 9.59 Å². The minimum absolute atomic E-state index is 0.0597. The van der Waals surface area contributed by atoms with Gasteiger partial charge in [-0.05, 0) is 59.4 Å². The van der Waals surface area contributed by atoms with Crippen LogP contribution in [0.5, 0.6) is 5.75 Å². The van der Waals surface area contributed by atoms with E-state index in [4.69, 9.17) is 9.47 Å². The van der Waals surface area contributed by atoms with E-state index in [9.17, 15) is 24.3 Å². The molecule has 5 rings (SSSR count). The molecule has 6 atom stereocenters. The fourth-order valence-electron chi connectivity index (χ4n) is 8.04. The number of aliphatic hydroxyl groups excluding tert-OH is 1. The molecule has 3 aromatic carbocycles. The van der Waals surface area contributed by atoms with E-state index in [1.807, 2.05) is 139 Å². The quantitative estimate of drug-likeness (QED) is 0.0827. The number of alkyl carbamates (subject to hydrolysis) is 1. The number of hydrogen-bond acceptors (Lipinski definition) is 8. The number of carbonyl (C=O) groups excluding carboxylic acids is 4. The topological polar surface area (TPSA) is 171 Å². The second-order valence-corrected chi connectivity index (χ2v) is 17.9. The van der Waals surface area contributed by atoms with Crippen molar-refractivity contribution in [3.05, 3.63) is 120 Å². The Kier molecular flexibility index (Phi) is 15.5. The first-order valence-electron chi connectivity index (χ1n) is 20.8. The van der Waals surface area contributed by atoms with Crippen LogP contribution < -0.4 is 26.0 Å². The third kappa shape index (κ3) is 12.5. The lowest BCUT2D eigenvalue weighted by Gasteiger charge is -2.39. The molecule has 6 unspecified atom stereocenters. The number of hydrogen-bond donors (Lipinski definition) is 5. The molecule has 13 heteroatoms. The number of carbonyl (C=O) groups is 4. The van der Waals surface area contributed by atoms with E-state index in [0.717, 1.165) is 27.9 Å². The number of rotatable bonds is 17. The van der Waals surface area contributed by atoms with Gasteiger partial charge in [0, 0.05) is 29.9 Å². The van der Waals surface area contributed by atoms with E-state index in [1.165, 1.54) is 7.11 Å². The molecule has 1 aromatic heterocycles. The summed E-state index contributed by atoms with van der Waals surface area (Å²) < 4.78 is 10.4. The first kappa shape index (κ1) is 46.1. The first-order chi connectivity index (χ1) is 29.0. The predicted octanol–water partition coefficient (Wildman–Crippen LogP) is 6.29. The normalized spacial score (nSPS) is 16.6. The molecule has 2 heterocycles. The molecule has 0 radical (unpaired) electrons. The third-order valence-corrected chi connectivity index (χ3v) is 11.2. The van der Waals surface area contributed by atoms with Gasteiger partial charge in [0.1, 0.15) is 11.8 Å². The molecule has 0 spiro atoms. The van der Waals surface area contributed by atoms with Crippen molar-refractivity contribution < 1.29 is 33.8 Å². The Bertz CT molecular complexity index is 2070. The van der Waals surface area contributed by atoms with E-state index >= 15 is 0 Å². The van der Waals surface area contributed by atoms with Crippen LogP contribution >= 0.6 is 0 Å². The van der Waals surface area contributed by atoms with Crippen LogP contribution in [0.2, 0.25) is 0 Å². The zero-order valence-electron chi connectivity index (χ0n) is 36.6. The highest BCUT2D eigenvalue weighted by Crippen LogP contribution is 2.35. The molecular formula is C48H62N6O7. The maximum absolute atomic E-state index is 14.8. The minimum atomic E-state index is -1.14. The van der Waals surface area contributed by atoms with Gasteiger partial charge in [-0.2, -0.15) is 0 Å². The van der Waals surface area contributed by atoms with Crippen molar-refractivity contribution in [2.24, 2.45) is 16.7 Å². The molecule has 61 heavy (non-hydrogen) atoms. The minimum Gasteiger partial charge on any atom is -0.496 e. The highest BCUT2D eigenvalue weighted by molar-refractivity contribution is 5.87. The number of ether oxygens (including phenoxy) is 2. The first-order valence-corrected chi connectivity index (χ1v) is 20.8. The van der Waals surface area contributed by atoms with Gasteiger partial charge in [0.2, 0.25) is 11.8 Å². The number of benzene rings is 3. The van der Waals surface area contributed by atoms with Gasteiger partial charge < -0.3 is 40.7 Å². The number of urea groups is 1. The van der Waals surface area contributed by atoms with Crippen molar-refractivity contribution in [3.8, 4) is 17.0 Å². The van der Waals surface area contributed by atoms with E-state index in [2.05, 4.69) is 26.3 Å². The average Bonchev–Trinajstić information content (AvgIpc) is 3.57. The van der Waals surface area contributed by atoms with Gasteiger partial charge >= 0.3 is 12.1 Å². The van der Waals surface area contributed by atoms with Gasteiger partial charge in [-0.1, -0.05) is 120 Å². The Hall–Kier alpha value is -5.95. The maximum atomic E-state index is 14.8. The van der Waals surface area contributed by atoms with Crippen molar-refractivity contribution in [3.63, 3.8) is 0 Å². The molecule has 0 aliphatic carbocycles. The summed E-state index contributed by atoms with van der Waals surface area (Å²) in [6.45, 7) is 12.0. The monoisotopic (exact) mass is 834 g/mol. The molecule has 0 saturated carbocycles. The molecule has 4 aromatic rings. The standard InChI is InChI=1S/C48H62N6O7/c1-47(2,3)41(38-29-50-45(58)54(38)30-34-18-12-13-20-40(34)60-7)43(56)52-37(27-31-16-10-9-11-17-31)39(55)28-35(51-44(57)42(48(4,5)6)53-46(59)61-8)26-32-21-23-33(24-22-32)36-19-14-15-25-49-36/h9-25,35,37-39,41-42,55H,26-30H2,1-8H3,(H,50,58)(H,51,57)(H,52,56)(H,53,59). The summed E-state index contributed by atoms with van der Waals surface area (Å²) in [7, 11) is 2.83. The van der Waals surface area contributed by atoms with Crippen LogP contribution in [0.1, 0.15) is 64.7 Å². The number of nitrogens with one attached hydrogen (secondary N) is 4. The fraction of sp³-hybridized carbons (Fsp3) is 0.438. The summed E-state index contributed by atoms with van der Waals surface area (Å²) in [6, 6.07) is 27.5. The van der Waals surface area contributed by atoms with Crippen molar-refractivity contribution in [1.82, 2.24) is 31.2 Å². The van der Waals surface area contributed by atoms with E-state index < -0.39 is 59.0 Å². The number of aromatic nitrogens is 1. The molecule has 1 aliphatic heterocycles. The van der Waals surface area contributed by atoms with Crippen LogP contribution in [-0.2, 0) is 33.7 Å². The largest absolute Gasteiger partial charge is 0.496 e. The molecular weight excluding hydrogens is 773 g/mol. The lowest BCUT2D eigenvalue weighted by molar-refractivity contribution is -0.132. The Labute approximate surface area is 360 Å². The Morgan fingerprint density at radius 1 is 0.803 bits per heavy atom. The predicted molar refractivity (Wildman–Crippen MR) is 235 cm³/mol. The zero-order valence-corrected chi connectivity index (χ0v) is 36.6. The second kappa shape index (κ2) is 20.5. The molecule has 0 bridgehead atoms. The van der Waals surface area contributed by atoms with E-state index in [-0.39, 0.29) is 31.4 Å². The van der Waals surface area contributed by atoms with E-state index in [0.29, 0.717) is 18.6 Å². The highest BCUT2D eigenvalue weighted by Gasteiger charge is 2.46. The summed E-state index contributed by atoms with van der Waals surface area (Å²) in [5.41, 5.74) is 3.07. The zero-order chi connectivity index (χ0) is 44.3. The van der Waals surface area contributed by atoms with E-state index in [1.54, 1.807) is 18.2 Å². The van der Waals surface area contributed by atoms with Crippen LogP contribution in [0.3, 0.4) is 0 Å². The highest BCUT2D eigenvalue weighted by atomic mass is 16.5. The van der Waals surface area contributed by atoms with Crippen molar-refractivity contribution in [2.45, 2.75) is 97.6 Å². The second-order valence-electron chi connectivity index (χ2n) is 17.9. The lowest BCUT2D eigenvalue weighted by Crippen LogP contribution is -2.57. The molecule has 1 fully saturated rings. The maximum Gasteiger partial charge on any atom is 0.407 e. The van der Waals surface area contributed by atoms with Crippen LogP contribution in [0.25, 0.3) is 11.3 Å². The van der Waals surface area contributed by atoms with Crippen molar-refractivity contribution in [1.29, 1.82) is 0 Å². The van der Waals surface area contributed by atoms with Gasteiger partial charge in [0.25, 0.3) is 0 Å². The lowest BCUT2D eigenvalue weighted by atomic mass is 9.75. The molecule has 1 aliphatic rings. The average molecular weight is 835 g/mol. The Balaban J connectivity index is 1.45. The fourth-order valence-corrected chi connectivity index (χ4v) is 8.04. The Morgan fingerprint density at radius 3 is 2.08 bits per heavy atom.